The Morgan fingerprint density at radius 2 is 1.68 bits per heavy atom. The van der Waals surface area contributed by atoms with E-state index in [0.29, 0.717) is 12.6 Å². The fraction of sp³-hybridized carbons (Fsp3) is 0.333. The monoisotopic (exact) mass is 457 g/mol. The number of amides is 1. The minimum Gasteiger partial charge on any atom is -0.302 e. The van der Waals surface area contributed by atoms with Gasteiger partial charge >= 0.3 is 6.18 Å². The van der Waals surface area contributed by atoms with Gasteiger partial charge in [-0.2, -0.15) is 13.2 Å². The molecule has 166 valence electrons. The van der Waals surface area contributed by atoms with Crippen LogP contribution in [0.15, 0.2) is 36.4 Å². The molecule has 0 aliphatic carbocycles. The maximum Gasteiger partial charge on any atom is 0.416 e. The molecule has 1 amide bonds. The lowest BCUT2D eigenvalue weighted by atomic mass is 10.1. The molecule has 0 N–H and O–H groups in total. The van der Waals surface area contributed by atoms with E-state index in [1.165, 1.54) is 4.90 Å². The number of halogens is 5. The van der Waals surface area contributed by atoms with Crippen molar-refractivity contribution in [2.24, 2.45) is 0 Å². The molecule has 0 aliphatic rings. The number of nitrogens with zero attached hydrogens (tertiary/aromatic N) is 3. The van der Waals surface area contributed by atoms with Crippen molar-refractivity contribution in [3.8, 4) is 0 Å². The third kappa shape index (κ3) is 5.19. The summed E-state index contributed by atoms with van der Waals surface area (Å²) in [4.78, 5) is 20.7. The first-order chi connectivity index (χ1) is 14.6. The van der Waals surface area contributed by atoms with Crippen LogP contribution in [0.5, 0.6) is 0 Å². The first-order valence-electron chi connectivity index (χ1n) is 9.61. The molecule has 0 spiro atoms. The van der Waals surface area contributed by atoms with Crippen LogP contribution in [-0.4, -0.2) is 42.0 Å². The molecule has 1 heterocycles. The number of carbonyl (C=O) groups excluding carboxylic acids is 1. The van der Waals surface area contributed by atoms with E-state index in [-0.39, 0.29) is 27.5 Å². The molecular weight excluding hydrogens is 437 g/mol. The number of aromatic nitrogens is 1. The first kappa shape index (κ1) is 23.1. The van der Waals surface area contributed by atoms with Crippen molar-refractivity contribution in [3.05, 3.63) is 59.2 Å². The average Bonchev–Trinajstić information content (AvgIpc) is 3.14. The van der Waals surface area contributed by atoms with Crippen molar-refractivity contribution < 1.29 is 26.7 Å². The summed E-state index contributed by atoms with van der Waals surface area (Å²) < 4.78 is 66.5. The maximum atomic E-state index is 14.1. The summed E-state index contributed by atoms with van der Waals surface area (Å²) in [6.45, 7) is 6.05. The zero-order valence-electron chi connectivity index (χ0n) is 16.8. The summed E-state index contributed by atoms with van der Waals surface area (Å²) in [5.74, 6) is -2.17. The van der Waals surface area contributed by atoms with E-state index in [1.807, 2.05) is 13.8 Å². The predicted molar refractivity (Wildman–Crippen MR) is 110 cm³/mol. The molecular formula is C21H20F5N3OS. The Labute approximate surface area is 179 Å². The van der Waals surface area contributed by atoms with Crippen molar-refractivity contribution in [2.45, 2.75) is 20.0 Å². The first-order valence-corrected chi connectivity index (χ1v) is 10.4. The van der Waals surface area contributed by atoms with Crippen molar-refractivity contribution >= 4 is 32.6 Å². The lowest BCUT2D eigenvalue weighted by Gasteiger charge is -2.24. The molecule has 0 aliphatic heterocycles. The largest absolute Gasteiger partial charge is 0.416 e. The van der Waals surface area contributed by atoms with Crippen LogP contribution >= 0.6 is 11.3 Å². The van der Waals surface area contributed by atoms with Crippen LogP contribution < -0.4 is 4.90 Å². The number of alkyl halides is 3. The summed E-state index contributed by atoms with van der Waals surface area (Å²) in [6, 6.07) is 5.72. The van der Waals surface area contributed by atoms with Crippen LogP contribution in [0, 0.1) is 11.6 Å². The molecule has 0 saturated heterocycles. The Hall–Kier alpha value is -2.59. The number of rotatable bonds is 7. The average molecular weight is 457 g/mol. The van der Waals surface area contributed by atoms with Gasteiger partial charge in [0.15, 0.2) is 10.9 Å². The third-order valence-corrected chi connectivity index (χ3v) is 5.90. The molecule has 0 bridgehead atoms. The van der Waals surface area contributed by atoms with Crippen LogP contribution in [0.4, 0.5) is 27.1 Å². The van der Waals surface area contributed by atoms with Crippen LogP contribution in [0.3, 0.4) is 0 Å². The fourth-order valence-electron chi connectivity index (χ4n) is 3.08. The Morgan fingerprint density at radius 1 is 1.03 bits per heavy atom. The van der Waals surface area contributed by atoms with Crippen LogP contribution in [0.25, 0.3) is 10.2 Å². The molecule has 0 saturated carbocycles. The Balaban J connectivity index is 1.98. The van der Waals surface area contributed by atoms with Gasteiger partial charge in [-0.3, -0.25) is 9.69 Å². The molecule has 4 nitrogen and oxygen atoms in total. The van der Waals surface area contributed by atoms with Gasteiger partial charge in [-0.05, 0) is 43.4 Å². The minimum absolute atomic E-state index is 0.0402. The van der Waals surface area contributed by atoms with Gasteiger partial charge in [-0.1, -0.05) is 25.2 Å². The van der Waals surface area contributed by atoms with E-state index < -0.39 is 29.3 Å². The van der Waals surface area contributed by atoms with Crippen LogP contribution in [-0.2, 0) is 6.18 Å². The number of carbonyl (C=O) groups is 1. The normalized spacial score (nSPS) is 12.0. The molecule has 0 fully saturated rings. The highest BCUT2D eigenvalue weighted by atomic mass is 32.1. The van der Waals surface area contributed by atoms with E-state index in [0.717, 1.165) is 54.8 Å². The van der Waals surface area contributed by atoms with Gasteiger partial charge in [-0.25, -0.2) is 13.8 Å². The van der Waals surface area contributed by atoms with Gasteiger partial charge in [0, 0.05) is 24.7 Å². The summed E-state index contributed by atoms with van der Waals surface area (Å²) in [5.41, 5.74) is -0.885. The van der Waals surface area contributed by atoms with Crippen LogP contribution in [0.1, 0.15) is 29.8 Å². The smallest absolute Gasteiger partial charge is 0.302 e. The van der Waals surface area contributed by atoms with Gasteiger partial charge in [0.1, 0.15) is 11.3 Å². The van der Waals surface area contributed by atoms with E-state index in [4.69, 9.17) is 0 Å². The number of hydrogen-bond acceptors (Lipinski definition) is 4. The summed E-state index contributed by atoms with van der Waals surface area (Å²) in [7, 11) is 0. The number of likely N-dealkylation sites (N-methyl/N-ethyl adjacent to an activating group) is 1. The number of benzene rings is 2. The standard InChI is InChI=1S/C21H20F5N3OS/c1-3-28(4-2)9-10-29(19(30)13-5-7-14(8-6-13)21(24,25)26)20-27-18-16(23)11-15(22)12-17(18)31-20/h5-8,11-12H,3-4,9-10H2,1-2H3. The quantitative estimate of drug-likeness (QED) is 0.435. The highest BCUT2D eigenvalue weighted by molar-refractivity contribution is 7.22. The van der Waals surface area contributed by atoms with E-state index >= 15 is 0 Å². The molecule has 31 heavy (non-hydrogen) atoms. The number of thiazole rings is 1. The molecule has 3 aromatic rings. The number of hydrogen-bond donors (Lipinski definition) is 0. The highest BCUT2D eigenvalue weighted by Gasteiger charge is 2.31. The minimum atomic E-state index is -4.52. The Kier molecular flexibility index (Phi) is 6.90. The molecule has 3 rings (SSSR count). The van der Waals surface area contributed by atoms with Crippen molar-refractivity contribution in [3.63, 3.8) is 0 Å². The lowest BCUT2D eigenvalue weighted by Crippen LogP contribution is -2.38. The predicted octanol–water partition coefficient (Wildman–Crippen LogP) is 5.58. The maximum absolute atomic E-state index is 14.1. The SMILES string of the molecule is CCN(CC)CCN(C(=O)c1ccc(C(F)(F)F)cc1)c1nc2c(F)cc(F)cc2s1. The van der Waals surface area contributed by atoms with Gasteiger partial charge in [0.05, 0.1) is 10.3 Å². The summed E-state index contributed by atoms with van der Waals surface area (Å²) in [5, 5.41) is 0.150. The van der Waals surface area contributed by atoms with Crippen LogP contribution in [0.2, 0.25) is 0 Å². The zero-order chi connectivity index (χ0) is 22.8. The topological polar surface area (TPSA) is 36.4 Å². The molecule has 2 aromatic carbocycles. The van der Waals surface area contributed by atoms with Crippen molar-refractivity contribution in [1.29, 1.82) is 0 Å². The zero-order valence-corrected chi connectivity index (χ0v) is 17.7. The molecule has 0 unspecified atom stereocenters. The third-order valence-electron chi connectivity index (χ3n) is 4.87. The highest BCUT2D eigenvalue weighted by Crippen LogP contribution is 2.33. The second-order valence-electron chi connectivity index (χ2n) is 6.79. The van der Waals surface area contributed by atoms with Crippen molar-refractivity contribution in [2.75, 3.05) is 31.1 Å². The van der Waals surface area contributed by atoms with Gasteiger partial charge < -0.3 is 4.90 Å². The van der Waals surface area contributed by atoms with E-state index in [2.05, 4.69) is 9.88 Å². The van der Waals surface area contributed by atoms with E-state index in [9.17, 15) is 26.7 Å². The molecule has 10 heteroatoms. The molecule has 1 aromatic heterocycles. The number of anilines is 1. The fourth-order valence-corrected chi connectivity index (χ4v) is 4.11. The second-order valence-corrected chi connectivity index (χ2v) is 7.80. The second kappa shape index (κ2) is 9.27. The summed E-state index contributed by atoms with van der Waals surface area (Å²) >= 11 is 0.946. The Bertz CT molecular complexity index is 1060. The van der Waals surface area contributed by atoms with Gasteiger partial charge in [-0.15, -0.1) is 0 Å². The van der Waals surface area contributed by atoms with Gasteiger partial charge in [0.2, 0.25) is 0 Å². The number of fused-ring (bicyclic) bond motifs is 1. The lowest BCUT2D eigenvalue weighted by molar-refractivity contribution is -0.137. The van der Waals surface area contributed by atoms with E-state index in [1.54, 1.807) is 0 Å². The molecule has 0 atom stereocenters. The van der Waals surface area contributed by atoms with Gasteiger partial charge in [0.25, 0.3) is 5.91 Å². The summed E-state index contributed by atoms with van der Waals surface area (Å²) in [6.07, 6.45) is -4.52. The molecule has 0 radical (unpaired) electrons. The Morgan fingerprint density at radius 3 is 2.26 bits per heavy atom. The van der Waals surface area contributed by atoms with Crippen molar-refractivity contribution in [1.82, 2.24) is 9.88 Å².